The molecule has 1 amide bonds. The van der Waals surface area contributed by atoms with Gasteiger partial charge < -0.3 is 14.1 Å². The highest BCUT2D eigenvalue weighted by atomic mass is 16.5. The second kappa shape index (κ2) is 6.95. The molecule has 0 unspecified atom stereocenters. The molecule has 6 nitrogen and oxygen atoms in total. The molecule has 0 aliphatic heterocycles. The Kier molecular flexibility index (Phi) is 4.56. The monoisotopic (exact) mass is 323 g/mol. The molecule has 2 aromatic carbocycles. The third kappa shape index (κ3) is 3.43. The van der Waals surface area contributed by atoms with Crippen LogP contribution in [0.5, 0.6) is 5.75 Å². The van der Waals surface area contributed by atoms with Crippen molar-refractivity contribution in [1.29, 1.82) is 0 Å². The van der Waals surface area contributed by atoms with Gasteiger partial charge in [-0.3, -0.25) is 4.79 Å². The molecule has 3 aromatic rings. The molecule has 0 N–H and O–H groups in total. The van der Waals surface area contributed by atoms with Gasteiger partial charge in [-0.15, -0.1) is 10.2 Å². The van der Waals surface area contributed by atoms with Crippen molar-refractivity contribution in [2.75, 3.05) is 11.9 Å². The molecule has 0 saturated heterocycles. The summed E-state index contributed by atoms with van der Waals surface area (Å²) < 4.78 is 10.9. The van der Waals surface area contributed by atoms with E-state index in [0.29, 0.717) is 11.6 Å². The number of ether oxygens (including phenoxy) is 1. The van der Waals surface area contributed by atoms with Crippen molar-refractivity contribution in [2.45, 2.75) is 13.0 Å². The third-order valence-electron chi connectivity index (χ3n) is 3.60. The van der Waals surface area contributed by atoms with E-state index in [9.17, 15) is 4.79 Å². The number of rotatable bonds is 5. The van der Waals surface area contributed by atoms with Crippen LogP contribution in [0.2, 0.25) is 0 Å². The van der Waals surface area contributed by atoms with E-state index in [4.69, 9.17) is 9.15 Å². The van der Waals surface area contributed by atoms with Crippen molar-refractivity contribution < 1.29 is 13.9 Å². The maximum absolute atomic E-state index is 12.5. The van der Waals surface area contributed by atoms with Gasteiger partial charge in [-0.05, 0) is 43.3 Å². The van der Waals surface area contributed by atoms with E-state index in [0.717, 1.165) is 11.3 Å². The van der Waals surface area contributed by atoms with Gasteiger partial charge in [0.2, 0.25) is 12.3 Å². The molecular formula is C18H17N3O3. The van der Waals surface area contributed by atoms with Crippen molar-refractivity contribution in [2.24, 2.45) is 0 Å². The number of hydrogen-bond donors (Lipinski definition) is 0. The van der Waals surface area contributed by atoms with Gasteiger partial charge >= 0.3 is 0 Å². The van der Waals surface area contributed by atoms with Crippen molar-refractivity contribution in [3.63, 3.8) is 0 Å². The Morgan fingerprint density at radius 2 is 1.83 bits per heavy atom. The average Bonchev–Trinajstić information content (AvgIpc) is 3.16. The van der Waals surface area contributed by atoms with Gasteiger partial charge in [-0.25, -0.2) is 0 Å². The molecule has 3 rings (SSSR count). The normalized spacial score (nSPS) is 11.8. The summed E-state index contributed by atoms with van der Waals surface area (Å²) in [6.45, 7) is 1.73. The minimum Gasteiger partial charge on any atom is -0.481 e. The van der Waals surface area contributed by atoms with Crippen LogP contribution in [-0.2, 0) is 4.79 Å². The highest BCUT2D eigenvalue weighted by Gasteiger charge is 2.20. The Morgan fingerprint density at radius 3 is 2.46 bits per heavy atom. The Morgan fingerprint density at radius 1 is 1.12 bits per heavy atom. The molecule has 0 saturated carbocycles. The first-order valence-electron chi connectivity index (χ1n) is 7.51. The summed E-state index contributed by atoms with van der Waals surface area (Å²) in [6.07, 6.45) is 0.671. The van der Waals surface area contributed by atoms with Gasteiger partial charge in [-0.1, -0.05) is 18.2 Å². The zero-order valence-electron chi connectivity index (χ0n) is 13.4. The van der Waals surface area contributed by atoms with E-state index in [1.54, 1.807) is 43.1 Å². The maximum Gasteiger partial charge on any atom is 0.267 e. The van der Waals surface area contributed by atoms with Gasteiger partial charge in [0.05, 0.1) is 0 Å². The quantitative estimate of drug-likeness (QED) is 0.721. The lowest BCUT2D eigenvalue weighted by molar-refractivity contribution is -0.124. The third-order valence-corrected chi connectivity index (χ3v) is 3.60. The second-order valence-corrected chi connectivity index (χ2v) is 5.26. The van der Waals surface area contributed by atoms with E-state index in [2.05, 4.69) is 10.2 Å². The Hall–Kier alpha value is -3.15. The first-order valence-corrected chi connectivity index (χ1v) is 7.51. The fourth-order valence-corrected chi connectivity index (χ4v) is 2.28. The van der Waals surface area contributed by atoms with E-state index < -0.39 is 6.10 Å². The lowest BCUT2D eigenvalue weighted by Gasteiger charge is -2.22. The largest absolute Gasteiger partial charge is 0.481 e. The molecule has 0 bridgehead atoms. The van der Waals surface area contributed by atoms with Crippen LogP contribution < -0.4 is 9.64 Å². The second-order valence-electron chi connectivity index (χ2n) is 5.26. The molecule has 1 aromatic heterocycles. The molecule has 0 spiro atoms. The molecule has 0 aliphatic carbocycles. The van der Waals surface area contributed by atoms with Crippen LogP contribution in [0.15, 0.2) is 65.4 Å². The first kappa shape index (κ1) is 15.7. The molecule has 0 radical (unpaired) electrons. The summed E-state index contributed by atoms with van der Waals surface area (Å²) in [5, 5.41) is 7.49. The van der Waals surface area contributed by atoms with Crippen molar-refractivity contribution >= 4 is 11.6 Å². The summed E-state index contributed by atoms with van der Waals surface area (Å²) in [5.41, 5.74) is 1.62. The van der Waals surface area contributed by atoms with Crippen LogP contribution in [0.4, 0.5) is 5.69 Å². The summed E-state index contributed by atoms with van der Waals surface area (Å²) in [5.74, 6) is 0.914. The van der Waals surface area contributed by atoms with Crippen molar-refractivity contribution in [1.82, 2.24) is 10.2 Å². The van der Waals surface area contributed by atoms with E-state index in [-0.39, 0.29) is 5.91 Å². The minimum absolute atomic E-state index is 0.123. The van der Waals surface area contributed by atoms with E-state index in [1.807, 2.05) is 30.3 Å². The molecule has 24 heavy (non-hydrogen) atoms. The van der Waals surface area contributed by atoms with Crippen LogP contribution in [-0.4, -0.2) is 29.3 Å². The van der Waals surface area contributed by atoms with Crippen LogP contribution in [0.25, 0.3) is 11.5 Å². The number of carbonyl (C=O) groups is 1. The lowest BCUT2D eigenvalue weighted by Crippen LogP contribution is -2.37. The highest BCUT2D eigenvalue weighted by Crippen LogP contribution is 2.21. The van der Waals surface area contributed by atoms with Crippen molar-refractivity contribution in [3.8, 4) is 17.2 Å². The number of anilines is 1. The summed E-state index contributed by atoms with van der Waals surface area (Å²) in [4.78, 5) is 14.0. The minimum atomic E-state index is -0.607. The topological polar surface area (TPSA) is 68.5 Å². The number of carbonyl (C=O) groups excluding carboxylic acids is 1. The summed E-state index contributed by atoms with van der Waals surface area (Å²) in [6, 6.07) is 16.6. The van der Waals surface area contributed by atoms with Crippen LogP contribution in [0.3, 0.4) is 0 Å². The number of amides is 1. The van der Waals surface area contributed by atoms with E-state index in [1.165, 1.54) is 6.39 Å². The number of aromatic nitrogens is 2. The highest BCUT2D eigenvalue weighted by molar-refractivity contribution is 5.96. The fraction of sp³-hybridized carbons (Fsp3) is 0.167. The Labute approximate surface area is 139 Å². The van der Waals surface area contributed by atoms with Gasteiger partial charge in [-0.2, -0.15) is 0 Å². The Bertz CT molecular complexity index is 786. The number of benzene rings is 2. The Balaban J connectivity index is 1.66. The van der Waals surface area contributed by atoms with Crippen LogP contribution in [0, 0.1) is 0 Å². The maximum atomic E-state index is 12.5. The zero-order valence-corrected chi connectivity index (χ0v) is 13.4. The predicted octanol–water partition coefficient (Wildman–Crippen LogP) is 3.17. The first-order chi connectivity index (χ1) is 11.6. The lowest BCUT2D eigenvalue weighted by atomic mass is 10.2. The van der Waals surface area contributed by atoms with Crippen molar-refractivity contribution in [3.05, 3.63) is 61.0 Å². The summed E-state index contributed by atoms with van der Waals surface area (Å²) >= 11 is 0. The number of para-hydroxylation sites is 1. The standard InChI is InChI=1S/C18H17N3O3/c1-13(18(22)21(2)15-6-4-3-5-7-15)24-16-10-8-14(9-11-16)17-20-19-12-23-17/h3-13H,1-2H3/t13-/m0/s1. The fourth-order valence-electron chi connectivity index (χ4n) is 2.28. The molecule has 1 atom stereocenters. The molecule has 6 heteroatoms. The average molecular weight is 323 g/mol. The predicted molar refractivity (Wildman–Crippen MR) is 89.7 cm³/mol. The number of hydrogen-bond acceptors (Lipinski definition) is 5. The van der Waals surface area contributed by atoms with Gasteiger partial charge in [0, 0.05) is 18.3 Å². The smallest absolute Gasteiger partial charge is 0.267 e. The van der Waals surface area contributed by atoms with Crippen LogP contribution >= 0.6 is 0 Å². The molecule has 0 aliphatic rings. The molecular weight excluding hydrogens is 306 g/mol. The SMILES string of the molecule is C[C@H](Oc1ccc(-c2nnco2)cc1)C(=O)N(C)c1ccccc1. The summed E-state index contributed by atoms with van der Waals surface area (Å²) in [7, 11) is 1.73. The van der Waals surface area contributed by atoms with Gasteiger partial charge in [0.15, 0.2) is 6.10 Å². The van der Waals surface area contributed by atoms with Gasteiger partial charge in [0.25, 0.3) is 5.91 Å². The molecule has 0 fully saturated rings. The molecule has 1 heterocycles. The van der Waals surface area contributed by atoms with E-state index >= 15 is 0 Å². The zero-order chi connectivity index (χ0) is 16.9. The van der Waals surface area contributed by atoms with Crippen LogP contribution in [0.1, 0.15) is 6.92 Å². The van der Waals surface area contributed by atoms with Gasteiger partial charge in [0.1, 0.15) is 5.75 Å². The number of likely N-dealkylation sites (N-methyl/N-ethyl adjacent to an activating group) is 1. The number of nitrogens with zero attached hydrogens (tertiary/aromatic N) is 3. The molecule has 122 valence electrons.